The van der Waals surface area contributed by atoms with E-state index >= 15 is 0 Å². The highest BCUT2D eigenvalue weighted by Crippen LogP contribution is 2.21. The van der Waals surface area contributed by atoms with Crippen LogP contribution in [0.25, 0.3) is 0 Å². The Morgan fingerprint density at radius 2 is 1.83 bits per heavy atom. The van der Waals surface area contributed by atoms with Gasteiger partial charge >= 0.3 is 0 Å². The third-order valence-corrected chi connectivity index (χ3v) is 4.63. The van der Waals surface area contributed by atoms with E-state index in [4.69, 9.17) is 11.6 Å². The van der Waals surface area contributed by atoms with Crippen molar-refractivity contribution in [1.29, 1.82) is 0 Å². The van der Waals surface area contributed by atoms with E-state index in [-0.39, 0.29) is 0 Å². The van der Waals surface area contributed by atoms with Gasteiger partial charge in [0.2, 0.25) is 5.95 Å². The van der Waals surface area contributed by atoms with Crippen LogP contribution in [0.5, 0.6) is 0 Å². The maximum atomic E-state index is 6.17. The van der Waals surface area contributed by atoms with Crippen molar-refractivity contribution in [1.82, 2.24) is 9.97 Å². The highest BCUT2D eigenvalue weighted by Gasteiger charge is 2.12. The van der Waals surface area contributed by atoms with Crippen molar-refractivity contribution in [3.8, 4) is 0 Å². The molecule has 5 heteroatoms. The Morgan fingerprint density at radius 3 is 2.61 bits per heavy atom. The average molecular weight is 331 g/mol. The first kappa shape index (κ1) is 16.1. The normalized spacial score (nSPS) is 15.9. The molecular weight excluding hydrogens is 308 g/mol. The molecule has 0 radical (unpaired) electrons. The van der Waals surface area contributed by atoms with Crippen LogP contribution in [0.4, 0.5) is 11.8 Å². The van der Waals surface area contributed by atoms with Gasteiger partial charge in [-0.2, -0.15) is 4.98 Å². The molecule has 0 atom stereocenters. The predicted octanol–water partition coefficient (Wildman–Crippen LogP) is 4.88. The third kappa shape index (κ3) is 4.83. The van der Waals surface area contributed by atoms with Crippen LogP contribution in [0.3, 0.4) is 0 Å². The minimum absolute atomic E-state index is 0.531. The Morgan fingerprint density at radius 1 is 1.04 bits per heavy atom. The van der Waals surface area contributed by atoms with Gasteiger partial charge in [0.05, 0.1) is 0 Å². The molecule has 122 valence electrons. The van der Waals surface area contributed by atoms with Crippen LogP contribution >= 0.6 is 11.6 Å². The van der Waals surface area contributed by atoms with E-state index in [9.17, 15) is 0 Å². The molecule has 1 aromatic carbocycles. The van der Waals surface area contributed by atoms with Gasteiger partial charge in [-0.05, 0) is 30.5 Å². The Balaban J connectivity index is 1.59. The van der Waals surface area contributed by atoms with Crippen molar-refractivity contribution in [2.75, 3.05) is 10.6 Å². The van der Waals surface area contributed by atoms with Crippen LogP contribution in [-0.4, -0.2) is 16.0 Å². The molecule has 0 aliphatic heterocycles. The molecule has 2 N–H and O–H groups in total. The van der Waals surface area contributed by atoms with Crippen LogP contribution in [0, 0.1) is 0 Å². The number of hydrogen-bond donors (Lipinski definition) is 2. The fraction of sp³-hybridized carbons (Fsp3) is 0.444. The first-order valence-electron chi connectivity index (χ1n) is 8.38. The topological polar surface area (TPSA) is 49.8 Å². The fourth-order valence-corrected chi connectivity index (χ4v) is 3.18. The van der Waals surface area contributed by atoms with Gasteiger partial charge in [0.15, 0.2) is 0 Å². The molecule has 0 saturated heterocycles. The lowest BCUT2D eigenvalue weighted by atomic mass is 10.1. The van der Waals surface area contributed by atoms with Crippen LogP contribution in [-0.2, 0) is 6.54 Å². The zero-order valence-electron chi connectivity index (χ0n) is 13.3. The summed E-state index contributed by atoms with van der Waals surface area (Å²) < 4.78 is 0. The standard InChI is InChI=1S/C18H23ClN4/c19-16-10-6-5-7-14(16)13-21-18-20-12-11-17(23-18)22-15-8-3-1-2-4-9-15/h5-7,10-12,15H,1-4,8-9,13H2,(H2,20,21,22,23). The zero-order valence-corrected chi connectivity index (χ0v) is 14.0. The molecule has 1 heterocycles. The summed E-state index contributed by atoms with van der Waals surface area (Å²) in [6, 6.07) is 10.3. The first-order chi connectivity index (χ1) is 11.3. The van der Waals surface area contributed by atoms with E-state index in [1.165, 1.54) is 38.5 Å². The zero-order chi connectivity index (χ0) is 15.9. The molecule has 4 nitrogen and oxygen atoms in total. The van der Waals surface area contributed by atoms with Gasteiger partial charge < -0.3 is 10.6 Å². The van der Waals surface area contributed by atoms with E-state index in [1.54, 1.807) is 6.20 Å². The highest BCUT2D eigenvalue weighted by molar-refractivity contribution is 6.31. The second-order valence-corrected chi connectivity index (χ2v) is 6.45. The smallest absolute Gasteiger partial charge is 0.224 e. The lowest BCUT2D eigenvalue weighted by Crippen LogP contribution is -2.19. The Hall–Kier alpha value is -1.81. The molecule has 1 aliphatic carbocycles. The second-order valence-electron chi connectivity index (χ2n) is 6.04. The molecular formula is C18H23ClN4. The number of aromatic nitrogens is 2. The lowest BCUT2D eigenvalue weighted by Gasteiger charge is -2.17. The van der Waals surface area contributed by atoms with Gasteiger partial charge in [-0.25, -0.2) is 4.98 Å². The molecule has 1 fully saturated rings. The van der Waals surface area contributed by atoms with Crippen molar-refractivity contribution >= 4 is 23.4 Å². The van der Waals surface area contributed by atoms with Gasteiger partial charge in [-0.3, -0.25) is 0 Å². The molecule has 2 aromatic rings. The van der Waals surface area contributed by atoms with Crippen molar-refractivity contribution in [3.05, 3.63) is 47.1 Å². The minimum Gasteiger partial charge on any atom is -0.367 e. The fourth-order valence-electron chi connectivity index (χ4n) is 2.97. The largest absolute Gasteiger partial charge is 0.367 e. The van der Waals surface area contributed by atoms with E-state index in [0.29, 0.717) is 18.5 Å². The minimum atomic E-state index is 0.531. The number of anilines is 2. The summed E-state index contributed by atoms with van der Waals surface area (Å²) in [5, 5.41) is 7.56. The number of nitrogens with one attached hydrogen (secondary N) is 2. The molecule has 23 heavy (non-hydrogen) atoms. The van der Waals surface area contributed by atoms with E-state index in [0.717, 1.165) is 16.4 Å². The molecule has 0 amide bonds. The average Bonchev–Trinajstić information content (AvgIpc) is 2.83. The lowest BCUT2D eigenvalue weighted by molar-refractivity contribution is 0.617. The van der Waals surface area contributed by atoms with E-state index < -0.39 is 0 Å². The van der Waals surface area contributed by atoms with Crippen molar-refractivity contribution in [2.45, 2.75) is 51.1 Å². The van der Waals surface area contributed by atoms with Crippen LogP contribution in [0.2, 0.25) is 5.02 Å². The second kappa shape index (κ2) is 8.16. The monoisotopic (exact) mass is 330 g/mol. The molecule has 0 bridgehead atoms. The Bertz CT molecular complexity index is 624. The van der Waals surface area contributed by atoms with Gasteiger partial charge in [0.25, 0.3) is 0 Å². The number of benzene rings is 1. The first-order valence-corrected chi connectivity index (χ1v) is 8.76. The van der Waals surface area contributed by atoms with Crippen molar-refractivity contribution in [3.63, 3.8) is 0 Å². The summed E-state index contributed by atoms with van der Waals surface area (Å²) in [5.41, 5.74) is 1.04. The number of hydrogen-bond acceptors (Lipinski definition) is 4. The molecule has 3 rings (SSSR count). The molecule has 0 unspecified atom stereocenters. The molecule has 1 aromatic heterocycles. The third-order valence-electron chi connectivity index (χ3n) is 4.26. The van der Waals surface area contributed by atoms with Gasteiger partial charge in [-0.1, -0.05) is 55.5 Å². The Kier molecular flexibility index (Phi) is 5.70. The van der Waals surface area contributed by atoms with Crippen LogP contribution < -0.4 is 10.6 Å². The maximum Gasteiger partial charge on any atom is 0.224 e. The van der Waals surface area contributed by atoms with Crippen LogP contribution in [0.1, 0.15) is 44.1 Å². The van der Waals surface area contributed by atoms with E-state index in [1.807, 2.05) is 30.3 Å². The van der Waals surface area contributed by atoms with Gasteiger partial charge in [0.1, 0.15) is 5.82 Å². The van der Waals surface area contributed by atoms with E-state index in [2.05, 4.69) is 20.6 Å². The van der Waals surface area contributed by atoms with Crippen LogP contribution in [0.15, 0.2) is 36.5 Å². The highest BCUT2D eigenvalue weighted by atomic mass is 35.5. The van der Waals surface area contributed by atoms with Gasteiger partial charge in [-0.15, -0.1) is 0 Å². The summed E-state index contributed by atoms with van der Waals surface area (Å²) in [7, 11) is 0. The van der Waals surface area contributed by atoms with Gasteiger partial charge in [0, 0.05) is 23.8 Å². The number of halogens is 1. The summed E-state index contributed by atoms with van der Waals surface area (Å²) in [6.07, 6.45) is 9.57. The summed E-state index contributed by atoms with van der Waals surface area (Å²) >= 11 is 6.17. The van der Waals surface area contributed by atoms with Crippen molar-refractivity contribution in [2.24, 2.45) is 0 Å². The Labute approximate surface area is 142 Å². The molecule has 1 aliphatic rings. The summed E-state index contributed by atoms with van der Waals surface area (Å²) in [4.78, 5) is 8.86. The maximum absolute atomic E-state index is 6.17. The molecule has 0 spiro atoms. The number of rotatable bonds is 5. The quantitative estimate of drug-likeness (QED) is 0.767. The molecule has 1 saturated carbocycles. The summed E-state index contributed by atoms with van der Waals surface area (Å²) in [6.45, 7) is 0.618. The predicted molar refractivity (Wildman–Crippen MR) is 95.9 cm³/mol. The SMILES string of the molecule is Clc1ccccc1CNc1nccc(NC2CCCCCC2)n1. The summed E-state index contributed by atoms with van der Waals surface area (Å²) in [5.74, 6) is 1.53. The number of nitrogens with zero attached hydrogens (tertiary/aromatic N) is 2. The van der Waals surface area contributed by atoms with Crippen molar-refractivity contribution < 1.29 is 0 Å².